The molecule has 0 N–H and O–H groups in total. The second-order valence-electron chi connectivity index (χ2n) is 5.71. The van der Waals surface area contributed by atoms with Crippen LogP contribution in [-0.2, 0) is 0 Å². The largest absolute Gasteiger partial charge is 0.164 e. The van der Waals surface area contributed by atoms with E-state index in [4.69, 9.17) is 0 Å². The van der Waals surface area contributed by atoms with Gasteiger partial charge in [0.1, 0.15) is 0 Å². The zero-order chi connectivity index (χ0) is 14.7. The fraction of sp³-hybridized carbons (Fsp3) is 0.889. The monoisotopic (exact) mass is 280 g/mol. The minimum absolute atomic E-state index is 1.08. The van der Waals surface area contributed by atoms with Crippen LogP contribution < -0.4 is 0 Å². The van der Waals surface area contributed by atoms with Gasteiger partial charge in [0.25, 0.3) is 0 Å². The predicted molar refractivity (Wildman–Crippen MR) is 93.0 cm³/mol. The summed E-state index contributed by atoms with van der Waals surface area (Å²) in [5, 5.41) is 8.19. The molecule has 0 radical (unpaired) electrons. The first kappa shape index (κ1) is 19.3. The fourth-order valence-corrected chi connectivity index (χ4v) is 2.24. The van der Waals surface area contributed by atoms with Crippen LogP contribution in [0, 0.1) is 0 Å². The molecule has 0 fully saturated rings. The number of rotatable bonds is 15. The highest BCUT2D eigenvalue weighted by molar-refractivity contribution is 5.61. The number of hydrogen-bond acceptors (Lipinski definition) is 2. The number of unbranched alkanes of at least 4 members (excludes halogenated alkanes) is 12. The molecule has 0 aromatic rings. The van der Waals surface area contributed by atoms with Crippen LogP contribution in [0.25, 0.3) is 0 Å². The van der Waals surface area contributed by atoms with Crippen LogP contribution in [-0.4, -0.2) is 12.4 Å². The summed E-state index contributed by atoms with van der Waals surface area (Å²) in [5.41, 5.74) is 0. The van der Waals surface area contributed by atoms with E-state index in [1.165, 1.54) is 77.0 Å². The molecule has 118 valence electrons. The molecule has 0 aromatic heterocycles. The van der Waals surface area contributed by atoms with Crippen molar-refractivity contribution < 1.29 is 0 Å². The molecule has 0 spiro atoms. The molecular formula is C18H36N2. The lowest BCUT2D eigenvalue weighted by Crippen LogP contribution is -1.81. The van der Waals surface area contributed by atoms with Crippen LogP contribution in [0.5, 0.6) is 0 Å². The molecule has 20 heavy (non-hydrogen) atoms. The molecule has 0 aliphatic carbocycles. The Balaban J connectivity index is 3.15. The molecule has 0 aromatic carbocycles. The van der Waals surface area contributed by atoms with E-state index >= 15 is 0 Å². The third-order valence-electron chi connectivity index (χ3n) is 3.60. The topological polar surface area (TPSA) is 24.7 Å². The average molecular weight is 280 g/mol. The maximum Gasteiger partial charge on any atom is 0.0270 e. The second kappa shape index (κ2) is 18.3. The van der Waals surface area contributed by atoms with Crippen LogP contribution in [0.3, 0.4) is 0 Å². The van der Waals surface area contributed by atoms with E-state index in [0.29, 0.717) is 0 Å². The molecule has 0 aliphatic heterocycles. The molecule has 0 aliphatic rings. The van der Waals surface area contributed by atoms with Gasteiger partial charge in [-0.3, -0.25) is 0 Å². The number of hydrogen-bond donors (Lipinski definition) is 0. The summed E-state index contributed by atoms with van der Waals surface area (Å²) >= 11 is 0. The van der Waals surface area contributed by atoms with Gasteiger partial charge in [-0.05, 0) is 25.7 Å². The first-order chi connectivity index (χ1) is 9.91. The highest BCUT2D eigenvalue weighted by Crippen LogP contribution is 2.06. The Kier molecular flexibility index (Phi) is 17.7. The van der Waals surface area contributed by atoms with Crippen molar-refractivity contribution in [3.05, 3.63) is 0 Å². The molecule has 2 nitrogen and oxygen atoms in total. The van der Waals surface area contributed by atoms with Crippen LogP contribution in [0.1, 0.15) is 104 Å². The summed E-state index contributed by atoms with van der Waals surface area (Å²) in [7, 11) is 0. The van der Waals surface area contributed by atoms with Crippen molar-refractivity contribution in [1.82, 2.24) is 0 Å². The zero-order valence-electron chi connectivity index (χ0n) is 13.9. The van der Waals surface area contributed by atoms with Gasteiger partial charge < -0.3 is 0 Å². The molecule has 0 amide bonds. The summed E-state index contributed by atoms with van der Waals surface area (Å²) in [6.07, 6.45) is 22.3. The highest BCUT2D eigenvalue weighted by atomic mass is 15.2. The SMILES string of the molecule is CCCCCCCC/C=N\N=C/CCCCCCCC. The van der Waals surface area contributed by atoms with E-state index in [-0.39, 0.29) is 0 Å². The highest BCUT2D eigenvalue weighted by Gasteiger charge is 1.89. The number of nitrogens with zero attached hydrogens (tertiary/aromatic N) is 2. The first-order valence-electron chi connectivity index (χ1n) is 8.95. The van der Waals surface area contributed by atoms with Gasteiger partial charge in [-0.25, -0.2) is 0 Å². The minimum atomic E-state index is 1.08. The van der Waals surface area contributed by atoms with Gasteiger partial charge in [-0.1, -0.05) is 78.1 Å². The molecular weight excluding hydrogens is 244 g/mol. The van der Waals surface area contributed by atoms with Gasteiger partial charge in [0, 0.05) is 12.4 Å². The maximum absolute atomic E-state index is 4.10. The van der Waals surface area contributed by atoms with Crippen molar-refractivity contribution in [2.45, 2.75) is 104 Å². The Bertz CT molecular complexity index is 197. The van der Waals surface area contributed by atoms with Crippen LogP contribution in [0.2, 0.25) is 0 Å². The van der Waals surface area contributed by atoms with Gasteiger partial charge in [-0.2, -0.15) is 10.2 Å². The molecule has 0 bridgehead atoms. The van der Waals surface area contributed by atoms with E-state index in [1.54, 1.807) is 0 Å². The summed E-state index contributed by atoms with van der Waals surface area (Å²) < 4.78 is 0. The Morgan fingerprint density at radius 3 is 1.25 bits per heavy atom. The fourth-order valence-electron chi connectivity index (χ4n) is 2.24. The van der Waals surface area contributed by atoms with E-state index in [0.717, 1.165) is 12.8 Å². The standard InChI is InChI=1S/C18H36N2/c1-3-5-7-9-11-13-15-17-19-20-18-16-14-12-10-8-6-4-2/h17-18H,3-16H2,1-2H3/b19-17-,20-18-. The quantitative estimate of drug-likeness (QED) is 0.185. The van der Waals surface area contributed by atoms with Gasteiger partial charge in [0.2, 0.25) is 0 Å². The third-order valence-corrected chi connectivity index (χ3v) is 3.60. The summed E-state index contributed by atoms with van der Waals surface area (Å²) in [6, 6.07) is 0. The van der Waals surface area contributed by atoms with Gasteiger partial charge >= 0.3 is 0 Å². The Labute approximate surface area is 127 Å². The molecule has 0 saturated heterocycles. The van der Waals surface area contributed by atoms with Crippen molar-refractivity contribution in [1.29, 1.82) is 0 Å². The van der Waals surface area contributed by atoms with E-state index < -0.39 is 0 Å². The molecule has 2 heteroatoms. The smallest absolute Gasteiger partial charge is 0.0270 e. The summed E-state index contributed by atoms with van der Waals surface area (Å²) in [4.78, 5) is 0. The first-order valence-corrected chi connectivity index (χ1v) is 8.95. The van der Waals surface area contributed by atoms with Crippen LogP contribution in [0.15, 0.2) is 10.2 Å². The summed E-state index contributed by atoms with van der Waals surface area (Å²) in [6.45, 7) is 4.52. The Hall–Kier alpha value is -0.660. The van der Waals surface area contributed by atoms with Crippen molar-refractivity contribution in [2.24, 2.45) is 10.2 Å². The molecule has 0 unspecified atom stereocenters. The Morgan fingerprint density at radius 1 is 0.500 bits per heavy atom. The minimum Gasteiger partial charge on any atom is -0.164 e. The second-order valence-corrected chi connectivity index (χ2v) is 5.71. The van der Waals surface area contributed by atoms with Crippen LogP contribution >= 0.6 is 0 Å². The summed E-state index contributed by atoms with van der Waals surface area (Å²) in [5.74, 6) is 0. The normalized spacial score (nSPS) is 11.9. The third kappa shape index (κ3) is 17.3. The average Bonchev–Trinajstić information content (AvgIpc) is 2.47. The van der Waals surface area contributed by atoms with Crippen LogP contribution in [0.4, 0.5) is 0 Å². The predicted octanol–water partition coefficient (Wildman–Crippen LogP) is 6.54. The van der Waals surface area contributed by atoms with E-state index in [9.17, 15) is 0 Å². The van der Waals surface area contributed by atoms with Crippen molar-refractivity contribution in [2.75, 3.05) is 0 Å². The molecule has 0 rings (SSSR count). The van der Waals surface area contributed by atoms with E-state index in [2.05, 4.69) is 24.1 Å². The van der Waals surface area contributed by atoms with Crippen molar-refractivity contribution in [3.63, 3.8) is 0 Å². The molecule has 0 heterocycles. The van der Waals surface area contributed by atoms with Gasteiger partial charge in [0.15, 0.2) is 0 Å². The zero-order valence-corrected chi connectivity index (χ0v) is 13.9. The lowest BCUT2D eigenvalue weighted by atomic mass is 10.1. The molecule has 0 atom stereocenters. The lowest BCUT2D eigenvalue weighted by molar-refractivity contribution is 0.616. The van der Waals surface area contributed by atoms with E-state index in [1.807, 2.05) is 12.4 Å². The molecule has 0 saturated carbocycles. The maximum atomic E-state index is 4.10. The van der Waals surface area contributed by atoms with Crippen molar-refractivity contribution in [3.8, 4) is 0 Å². The van der Waals surface area contributed by atoms with Gasteiger partial charge in [0.05, 0.1) is 0 Å². The Morgan fingerprint density at radius 2 is 0.850 bits per heavy atom. The van der Waals surface area contributed by atoms with Gasteiger partial charge in [-0.15, -0.1) is 0 Å². The lowest BCUT2D eigenvalue weighted by Gasteiger charge is -1.97. The van der Waals surface area contributed by atoms with Crippen molar-refractivity contribution >= 4 is 12.4 Å².